The zero-order chi connectivity index (χ0) is 13.7. The zero-order valence-corrected chi connectivity index (χ0v) is 11.0. The first kappa shape index (κ1) is 13.6. The Balaban J connectivity index is 1.85. The van der Waals surface area contributed by atoms with Gasteiger partial charge in [0.15, 0.2) is 0 Å². The van der Waals surface area contributed by atoms with E-state index in [2.05, 4.69) is 20.6 Å². The number of hydrogen-bond acceptors (Lipinski definition) is 5. The fraction of sp³-hybridized carbons (Fsp3) is 0.538. The maximum atomic E-state index is 12.0. The maximum Gasteiger partial charge on any atom is 0.246 e. The van der Waals surface area contributed by atoms with Crippen LogP contribution in [0.1, 0.15) is 31.9 Å². The number of rotatable bonds is 5. The van der Waals surface area contributed by atoms with Gasteiger partial charge in [-0.3, -0.25) is 14.9 Å². The molecular weight excluding hydrogens is 244 g/mol. The number of carbonyl (C=O) groups is 2. The van der Waals surface area contributed by atoms with Crippen LogP contribution in [0.2, 0.25) is 0 Å². The molecule has 1 aliphatic heterocycles. The highest BCUT2D eigenvalue weighted by Gasteiger charge is 2.43. The van der Waals surface area contributed by atoms with Crippen molar-refractivity contribution in [2.75, 3.05) is 6.54 Å². The minimum absolute atomic E-state index is 0.214. The van der Waals surface area contributed by atoms with Crippen LogP contribution in [0, 0.1) is 0 Å². The number of nitrogens with zero attached hydrogens (tertiary/aromatic N) is 2. The van der Waals surface area contributed by atoms with E-state index in [0.717, 1.165) is 31.5 Å². The summed E-state index contributed by atoms with van der Waals surface area (Å²) in [7, 11) is 0. The van der Waals surface area contributed by atoms with E-state index in [1.165, 1.54) is 13.3 Å². The predicted octanol–water partition coefficient (Wildman–Crippen LogP) is 0.194. The Morgan fingerprint density at radius 2 is 2.32 bits per heavy atom. The molecule has 0 bridgehead atoms. The topological polar surface area (TPSA) is 84.0 Å². The van der Waals surface area contributed by atoms with Crippen molar-refractivity contribution >= 4 is 11.8 Å². The SMILES string of the molecule is CC(=O)NC(=O)[C@]1(CCCc2ccncn2)CCN1. The normalized spacial score (nSPS) is 21.5. The quantitative estimate of drug-likeness (QED) is 0.791. The Bertz CT molecular complexity index is 457. The smallest absolute Gasteiger partial charge is 0.246 e. The zero-order valence-electron chi connectivity index (χ0n) is 11.0. The first-order chi connectivity index (χ1) is 9.12. The molecule has 1 aromatic heterocycles. The molecule has 2 amide bonds. The van der Waals surface area contributed by atoms with E-state index in [-0.39, 0.29) is 11.8 Å². The minimum Gasteiger partial charge on any atom is -0.303 e. The van der Waals surface area contributed by atoms with Gasteiger partial charge in [-0.05, 0) is 38.3 Å². The number of hydrogen-bond donors (Lipinski definition) is 2. The van der Waals surface area contributed by atoms with Crippen molar-refractivity contribution in [3.63, 3.8) is 0 Å². The third-order valence-corrected chi connectivity index (χ3v) is 3.42. The summed E-state index contributed by atoms with van der Waals surface area (Å²) in [5.41, 5.74) is 0.398. The van der Waals surface area contributed by atoms with Gasteiger partial charge < -0.3 is 5.32 Å². The lowest BCUT2D eigenvalue weighted by Gasteiger charge is -2.41. The van der Waals surface area contributed by atoms with Crippen molar-refractivity contribution in [1.82, 2.24) is 20.6 Å². The third-order valence-electron chi connectivity index (χ3n) is 3.42. The highest BCUT2D eigenvalue weighted by Crippen LogP contribution is 2.25. The van der Waals surface area contributed by atoms with Gasteiger partial charge in [0.25, 0.3) is 0 Å². The van der Waals surface area contributed by atoms with Crippen molar-refractivity contribution < 1.29 is 9.59 Å². The molecule has 2 rings (SSSR count). The molecule has 1 atom stereocenters. The first-order valence-electron chi connectivity index (χ1n) is 6.44. The Labute approximate surface area is 112 Å². The number of aromatic nitrogens is 2. The Morgan fingerprint density at radius 3 is 2.84 bits per heavy atom. The van der Waals surface area contributed by atoms with E-state index in [1.807, 2.05) is 6.07 Å². The maximum absolute atomic E-state index is 12.0. The monoisotopic (exact) mass is 262 g/mol. The standard InChI is InChI=1S/C13H18N4O2/c1-10(18)17-12(19)13(6-8-16-13)5-2-3-11-4-7-14-9-15-11/h4,7,9,16H,2-3,5-6,8H2,1H3,(H,17,18,19)/t13-/m0/s1. The summed E-state index contributed by atoms with van der Waals surface area (Å²) in [6.07, 6.45) is 6.36. The van der Waals surface area contributed by atoms with E-state index < -0.39 is 5.54 Å². The molecule has 19 heavy (non-hydrogen) atoms. The molecule has 0 unspecified atom stereocenters. The van der Waals surface area contributed by atoms with Crippen molar-refractivity contribution in [3.8, 4) is 0 Å². The van der Waals surface area contributed by atoms with Crippen LogP contribution in [0.4, 0.5) is 0 Å². The number of imide groups is 1. The number of carbonyl (C=O) groups excluding carboxylic acids is 2. The summed E-state index contributed by atoms with van der Waals surface area (Å²) >= 11 is 0. The van der Waals surface area contributed by atoms with Crippen LogP contribution in [0.3, 0.4) is 0 Å². The van der Waals surface area contributed by atoms with Crippen LogP contribution in [-0.2, 0) is 16.0 Å². The van der Waals surface area contributed by atoms with Gasteiger partial charge >= 0.3 is 0 Å². The Hall–Kier alpha value is -1.82. The fourth-order valence-corrected chi connectivity index (χ4v) is 2.26. The largest absolute Gasteiger partial charge is 0.303 e. The second-order valence-electron chi connectivity index (χ2n) is 4.82. The molecule has 0 spiro atoms. The van der Waals surface area contributed by atoms with Crippen LogP contribution < -0.4 is 10.6 Å². The van der Waals surface area contributed by atoms with Crippen molar-refractivity contribution in [2.24, 2.45) is 0 Å². The van der Waals surface area contributed by atoms with E-state index in [4.69, 9.17) is 0 Å². The summed E-state index contributed by atoms with van der Waals surface area (Å²) in [6.45, 7) is 2.17. The summed E-state index contributed by atoms with van der Waals surface area (Å²) in [6, 6.07) is 1.87. The predicted molar refractivity (Wildman–Crippen MR) is 69.1 cm³/mol. The highest BCUT2D eigenvalue weighted by atomic mass is 16.2. The molecule has 2 N–H and O–H groups in total. The molecule has 0 aliphatic carbocycles. The van der Waals surface area contributed by atoms with E-state index in [9.17, 15) is 9.59 Å². The second kappa shape index (κ2) is 5.88. The molecule has 0 saturated carbocycles. The molecule has 2 heterocycles. The van der Waals surface area contributed by atoms with Gasteiger partial charge in [0, 0.05) is 18.8 Å². The fourth-order valence-electron chi connectivity index (χ4n) is 2.26. The molecule has 1 saturated heterocycles. The van der Waals surface area contributed by atoms with E-state index in [1.54, 1.807) is 6.20 Å². The highest BCUT2D eigenvalue weighted by molar-refractivity contribution is 5.99. The van der Waals surface area contributed by atoms with Crippen LogP contribution in [0.5, 0.6) is 0 Å². The third kappa shape index (κ3) is 3.35. The van der Waals surface area contributed by atoms with Gasteiger partial charge in [-0.25, -0.2) is 9.97 Å². The molecule has 0 radical (unpaired) electrons. The van der Waals surface area contributed by atoms with Crippen LogP contribution >= 0.6 is 0 Å². The van der Waals surface area contributed by atoms with Crippen LogP contribution in [-0.4, -0.2) is 33.9 Å². The summed E-state index contributed by atoms with van der Waals surface area (Å²) in [4.78, 5) is 31.0. The molecule has 6 heteroatoms. The molecular formula is C13H18N4O2. The van der Waals surface area contributed by atoms with Gasteiger partial charge in [-0.2, -0.15) is 0 Å². The second-order valence-corrected chi connectivity index (χ2v) is 4.82. The van der Waals surface area contributed by atoms with Gasteiger partial charge in [0.2, 0.25) is 11.8 Å². The first-order valence-corrected chi connectivity index (χ1v) is 6.44. The average molecular weight is 262 g/mol. The lowest BCUT2D eigenvalue weighted by molar-refractivity contribution is -0.136. The molecule has 1 aromatic rings. The summed E-state index contributed by atoms with van der Waals surface area (Å²) in [5.74, 6) is -0.525. The van der Waals surface area contributed by atoms with Crippen molar-refractivity contribution in [1.29, 1.82) is 0 Å². The Kier molecular flexibility index (Phi) is 4.21. The average Bonchev–Trinajstić information content (AvgIpc) is 2.32. The molecule has 1 fully saturated rings. The van der Waals surface area contributed by atoms with Gasteiger partial charge in [0.05, 0.1) is 5.54 Å². The molecule has 1 aliphatic rings. The number of amides is 2. The van der Waals surface area contributed by atoms with Crippen LogP contribution in [0.25, 0.3) is 0 Å². The van der Waals surface area contributed by atoms with Crippen molar-refractivity contribution in [3.05, 3.63) is 24.3 Å². The van der Waals surface area contributed by atoms with E-state index >= 15 is 0 Å². The number of nitrogens with one attached hydrogen (secondary N) is 2. The van der Waals surface area contributed by atoms with Gasteiger partial charge in [0.1, 0.15) is 6.33 Å². The molecule has 102 valence electrons. The summed E-state index contributed by atoms with van der Waals surface area (Å²) < 4.78 is 0. The minimum atomic E-state index is -0.571. The van der Waals surface area contributed by atoms with Gasteiger partial charge in [-0.15, -0.1) is 0 Å². The van der Waals surface area contributed by atoms with Crippen molar-refractivity contribution in [2.45, 2.75) is 38.1 Å². The van der Waals surface area contributed by atoms with Gasteiger partial charge in [-0.1, -0.05) is 0 Å². The van der Waals surface area contributed by atoms with E-state index in [0.29, 0.717) is 6.42 Å². The Morgan fingerprint density at radius 1 is 1.53 bits per heavy atom. The lowest BCUT2D eigenvalue weighted by Crippen LogP contribution is -2.66. The number of aryl methyl sites for hydroxylation is 1. The lowest BCUT2D eigenvalue weighted by atomic mass is 9.81. The molecule has 0 aromatic carbocycles. The summed E-state index contributed by atoms with van der Waals surface area (Å²) in [5, 5.41) is 5.52. The molecule has 6 nitrogen and oxygen atoms in total. The van der Waals surface area contributed by atoms with Crippen LogP contribution in [0.15, 0.2) is 18.6 Å².